The number of nitrogens with zero attached hydrogens (tertiary/aromatic N) is 2. The summed E-state index contributed by atoms with van der Waals surface area (Å²) in [5.41, 5.74) is 3.69. The van der Waals surface area contributed by atoms with E-state index in [4.69, 9.17) is 12.2 Å². The van der Waals surface area contributed by atoms with E-state index in [1.54, 1.807) is 42.5 Å². The molecule has 0 spiro atoms. The molecule has 0 radical (unpaired) electrons. The van der Waals surface area contributed by atoms with Crippen LogP contribution in [0.15, 0.2) is 51.9 Å². The van der Waals surface area contributed by atoms with Crippen molar-refractivity contribution in [3.63, 3.8) is 0 Å². The second-order valence-electron chi connectivity index (χ2n) is 5.20. The smallest absolute Gasteiger partial charge is 0.272 e. The molecule has 6 nitrogen and oxygen atoms in total. The number of benzene rings is 2. The number of nitrogens with one attached hydrogen (secondary N) is 1. The molecule has 1 aliphatic heterocycles. The molecule has 1 fully saturated rings. The van der Waals surface area contributed by atoms with Crippen LogP contribution in [0.4, 0.5) is 5.69 Å². The minimum absolute atomic E-state index is 0.0731. The van der Waals surface area contributed by atoms with E-state index in [0.717, 1.165) is 9.48 Å². The molecule has 0 unspecified atom stereocenters. The number of carbonyl (C=O) groups excluding carboxylic acids is 2. The van der Waals surface area contributed by atoms with Crippen molar-refractivity contribution in [1.82, 2.24) is 10.4 Å². The van der Waals surface area contributed by atoms with Crippen molar-refractivity contribution < 1.29 is 14.7 Å². The quantitative estimate of drug-likeness (QED) is 0.551. The molecule has 132 valence electrons. The van der Waals surface area contributed by atoms with E-state index < -0.39 is 5.91 Å². The minimum atomic E-state index is -0.491. The van der Waals surface area contributed by atoms with Crippen molar-refractivity contribution in [3.05, 3.63) is 58.1 Å². The maximum atomic E-state index is 12.5. The monoisotopic (exact) mass is 449 g/mol. The van der Waals surface area contributed by atoms with Gasteiger partial charge in [-0.1, -0.05) is 52.0 Å². The molecule has 9 heteroatoms. The number of hydrogen-bond donors (Lipinski definition) is 2. The average Bonchev–Trinajstić information content (AvgIpc) is 2.94. The topological polar surface area (TPSA) is 82.0 Å². The Morgan fingerprint density at radius 2 is 2.12 bits per heavy atom. The van der Waals surface area contributed by atoms with Gasteiger partial charge in [0.1, 0.15) is 5.75 Å². The van der Waals surface area contributed by atoms with Gasteiger partial charge >= 0.3 is 0 Å². The van der Waals surface area contributed by atoms with Crippen LogP contribution in [0.2, 0.25) is 0 Å². The van der Waals surface area contributed by atoms with Crippen LogP contribution in [0.5, 0.6) is 5.75 Å². The van der Waals surface area contributed by atoms with Gasteiger partial charge in [0.25, 0.3) is 11.8 Å². The maximum absolute atomic E-state index is 12.5. The number of para-hydroxylation sites is 1. The van der Waals surface area contributed by atoms with E-state index in [1.165, 1.54) is 18.0 Å². The van der Waals surface area contributed by atoms with E-state index in [-0.39, 0.29) is 23.0 Å². The number of phenols is 1. The van der Waals surface area contributed by atoms with Crippen LogP contribution in [-0.2, 0) is 4.79 Å². The zero-order valence-corrected chi connectivity index (χ0v) is 16.4. The molecule has 0 bridgehead atoms. The molecule has 2 aromatic carbocycles. The fraction of sp³-hybridized carbons (Fsp3) is 0.0588. The molecule has 2 aromatic rings. The molecule has 2 N–H and O–H groups in total. The molecule has 26 heavy (non-hydrogen) atoms. The van der Waals surface area contributed by atoms with Crippen LogP contribution >= 0.6 is 39.9 Å². The number of thiocarbonyl (C=S) groups is 1. The second-order valence-corrected chi connectivity index (χ2v) is 7.73. The summed E-state index contributed by atoms with van der Waals surface area (Å²) in [4.78, 5) is 28.6. The fourth-order valence-corrected chi connectivity index (χ4v) is 3.53. The average molecular weight is 450 g/mol. The Bertz CT molecular complexity index is 917. The molecule has 0 aromatic heterocycles. The van der Waals surface area contributed by atoms with Gasteiger partial charge in [-0.05, 0) is 30.3 Å². The number of hydrogen-bond acceptors (Lipinski definition) is 6. The lowest BCUT2D eigenvalue weighted by Crippen LogP contribution is -2.45. The predicted octanol–water partition coefficient (Wildman–Crippen LogP) is 3.41. The number of rotatable bonds is 4. The SMILES string of the molecule is O=C(NN1C(=O)CSC1=S)c1ccccc1N=Cc1cc(Br)ccc1O. The molecule has 1 saturated heterocycles. The van der Waals surface area contributed by atoms with Crippen molar-refractivity contribution in [2.45, 2.75) is 0 Å². The molecule has 1 aliphatic rings. The Labute approximate surface area is 167 Å². The Hall–Kier alpha value is -2.23. The Balaban J connectivity index is 1.85. The number of amides is 2. The highest BCUT2D eigenvalue weighted by molar-refractivity contribution is 9.10. The molecule has 0 saturated carbocycles. The summed E-state index contributed by atoms with van der Waals surface area (Å²) >= 11 is 9.58. The van der Waals surface area contributed by atoms with Gasteiger partial charge in [0.2, 0.25) is 0 Å². The molecular weight excluding hydrogens is 438 g/mol. The minimum Gasteiger partial charge on any atom is -0.507 e. The zero-order valence-electron chi connectivity index (χ0n) is 13.2. The Morgan fingerprint density at radius 1 is 1.35 bits per heavy atom. The van der Waals surface area contributed by atoms with Gasteiger partial charge in [0.05, 0.1) is 17.0 Å². The van der Waals surface area contributed by atoms with Crippen LogP contribution in [0.1, 0.15) is 15.9 Å². The second kappa shape index (κ2) is 7.98. The molecule has 0 atom stereocenters. The summed E-state index contributed by atoms with van der Waals surface area (Å²) in [6.07, 6.45) is 1.47. The standard InChI is InChI=1S/C17H12BrN3O3S2/c18-11-5-6-14(22)10(7-11)8-19-13-4-2-1-3-12(13)16(24)20-21-15(23)9-26-17(21)25/h1-8,22H,9H2,(H,20,24). The molecule has 3 rings (SSSR count). The predicted molar refractivity (Wildman–Crippen MR) is 109 cm³/mol. The first kappa shape index (κ1) is 18.6. The first-order valence-electron chi connectivity index (χ1n) is 7.38. The van der Waals surface area contributed by atoms with Crippen molar-refractivity contribution in [2.24, 2.45) is 4.99 Å². The first-order chi connectivity index (χ1) is 12.5. The number of phenolic OH excluding ortho intramolecular Hbond substituents is 1. The third-order valence-electron chi connectivity index (χ3n) is 3.45. The van der Waals surface area contributed by atoms with Crippen LogP contribution in [-0.4, -0.2) is 38.2 Å². The van der Waals surface area contributed by atoms with E-state index in [1.807, 2.05) is 0 Å². The Kier molecular flexibility index (Phi) is 5.70. The summed E-state index contributed by atoms with van der Waals surface area (Å²) in [7, 11) is 0. The normalized spacial score (nSPS) is 14.3. The molecule has 1 heterocycles. The third-order valence-corrected chi connectivity index (χ3v) is 5.30. The van der Waals surface area contributed by atoms with Crippen molar-refractivity contribution in [3.8, 4) is 5.75 Å². The fourth-order valence-electron chi connectivity index (χ4n) is 2.17. The molecular formula is C17H12BrN3O3S2. The summed E-state index contributed by atoms with van der Waals surface area (Å²) < 4.78 is 1.10. The Morgan fingerprint density at radius 3 is 2.85 bits per heavy atom. The van der Waals surface area contributed by atoms with Crippen LogP contribution in [0.25, 0.3) is 0 Å². The third kappa shape index (κ3) is 4.12. The number of hydrazine groups is 1. The largest absolute Gasteiger partial charge is 0.507 e. The number of carbonyl (C=O) groups is 2. The van der Waals surface area contributed by atoms with E-state index in [0.29, 0.717) is 15.6 Å². The highest BCUT2D eigenvalue weighted by Gasteiger charge is 2.29. The van der Waals surface area contributed by atoms with Gasteiger partial charge in [-0.25, -0.2) is 5.01 Å². The molecule has 2 amide bonds. The maximum Gasteiger partial charge on any atom is 0.272 e. The van der Waals surface area contributed by atoms with Gasteiger partial charge in [0, 0.05) is 16.3 Å². The number of thioether (sulfide) groups is 1. The summed E-state index contributed by atoms with van der Waals surface area (Å²) in [5, 5.41) is 11.0. The van der Waals surface area contributed by atoms with E-state index >= 15 is 0 Å². The van der Waals surface area contributed by atoms with Gasteiger partial charge in [-0.2, -0.15) is 0 Å². The summed E-state index contributed by atoms with van der Waals surface area (Å²) in [5.74, 6) is -0.479. The van der Waals surface area contributed by atoms with Crippen LogP contribution in [0.3, 0.4) is 0 Å². The van der Waals surface area contributed by atoms with Crippen molar-refractivity contribution >= 4 is 67.9 Å². The highest BCUT2D eigenvalue weighted by Crippen LogP contribution is 2.24. The lowest BCUT2D eigenvalue weighted by atomic mass is 10.1. The van der Waals surface area contributed by atoms with Gasteiger partial charge in [0.15, 0.2) is 4.32 Å². The van der Waals surface area contributed by atoms with Crippen molar-refractivity contribution in [1.29, 1.82) is 0 Å². The zero-order chi connectivity index (χ0) is 18.7. The lowest BCUT2D eigenvalue weighted by Gasteiger charge is -2.16. The number of aromatic hydroxyl groups is 1. The summed E-state index contributed by atoms with van der Waals surface area (Å²) in [6, 6.07) is 11.7. The number of aliphatic imine (C=N–C) groups is 1. The first-order valence-corrected chi connectivity index (χ1v) is 9.56. The van der Waals surface area contributed by atoms with Crippen LogP contribution in [0, 0.1) is 0 Å². The number of halogens is 1. The summed E-state index contributed by atoms with van der Waals surface area (Å²) in [6.45, 7) is 0. The van der Waals surface area contributed by atoms with Crippen LogP contribution < -0.4 is 5.43 Å². The van der Waals surface area contributed by atoms with Gasteiger partial charge in [-0.3, -0.25) is 20.0 Å². The van der Waals surface area contributed by atoms with E-state index in [9.17, 15) is 14.7 Å². The van der Waals surface area contributed by atoms with Gasteiger partial charge < -0.3 is 5.11 Å². The lowest BCUT2D eigenvalue weighted by molar-refractivity contribution is -0.125. The van der Waals surface area contributed by atoms with E-state index in [2.05, 4.69) is 26.3 Å². The molecule has 0 aliphatic carbocycles. The van der Waals surface area contributed by atoms with Crippen molar-refractivity contribution in [2.75, 3.05) is 5.75 Å². The highest BCUT2D eigenvalue weighted by atomic mass is 79.9. The van der Waals surface area contributed by atoms with Gasteiger partial charge in [-0.15, -0.1) is 0 Å².